The number of sulfonamides is 1. The number of carbonyl (C=O) groups excluding carboxylic acids is 1. The number of ether oxygens (including phenoxy) is 1. The molecule has 30 heavy (non-hydrogen) atoms. The summed E-state index contributed by atoms with van der Waals surface area (Å²) in [7, 11) is -3.29. The highest BCUT2D eigenvalue weighted by Crippen LogP contribution is 2.30. The fraction of sp³-hybridized carbons (Fsp3) is 0.350. The summed E-state index contributed by atoms with van der Waals surface area (Å²) in [6.45, 7) is 0.539. The number of nitrogens with two attached hydrogens (primary N) is 1. The van der Waals surface area contributed by atoms with Crippen LogP contribution < -0.4 is 10.5 Å². The summed E-state index contributed by atoms with van der Waals surface area (Å²) in [5.41, 5.74) is 6.07. The molecule has 0 spiro atoms. The van der Waals surface area contributed by atoms with Crippen LogP contribution in [0.5, 0.6) is 5.75 Å². The SMILES string of the molecule is CS(=O)(=O)N1CCC(Oc2cc(F)cc(Cc3ccc(I)cc3F)c2C(N)=O)CC1. The first kappa shape index (κ1) is 22.9. The van der Waals surface area contributed by atoms with Crippen LogP contribution in [-0.4, -0.2) is 44.1 Å². The van der Waals surface area contributed by atoms with E-state index >= 15 is 0 Å². The fourth-order valence-corrected chi connectivity index (χ4v) is 4.81. The van der Waals surface area contributed by atoms with E-state index in [0.717, 1.165) is 18.4 Å². The highest BCUT2D eigenvalue weighted by atomic mass is 127. The van der Waals surface area contributed by atoms with E-state index in [1.54, 1.807) is 12.1 Å². The summed E-state index contributed by atoms with van der Waals surface area (Å²) in [6.07, 6.45) is 1.50. The largest absolute Gasteiger partial charge is 0.489 e. The summed E-state index contributed by atoms with van der Waals surface area (Å²) in [5, 5.41) is 0. The van der Waals surface area contributed by atoms with Crippen LogP contribution in [0.2, 0.25) is 0 Å². The number of benzene rings is 2. The Kier molecular flexibility index (Phi) is 6.98. The average Bonchev–Trinajstić information content (AvgIpc) is 2.63. The van der Waals surface area contributed by atoms with Crippen LogP contribution in [-0.2, 0) is 16.4 Å². The van der Waals surface area contributed by atoms with Crippen LogP contribution >= 0.6 is 22.6 Å². The second kappa shape index (κ2) is 9.15. The van der Waals surface area contributed by atoms with Crippen LogP contribution in [0.3, 0.4) is 0 Å². The molecule has 3 rings (SSSR count). The molecule has 0 radical (unpaired) electrons. The van der Waals surface area contributed by atoms with Crippen molar-refractivity contribution in [1.82, 2.24) is 4.31 Å². The van der Waals surface area contributed by atoms with Gasteiger partial charge < -0.3 is 10.5 Å². The topological polar surface area (TPSA) is 89.7 Å². The maximum atomic E-state index is 14.3. The van der Waals surface area contributed by atoms with E-state index in [1.165, 1.54) is 10.4 Å². The number of piperidine rings is 1. The van der Waals surface area contributed by atoms with E-state index in [1.807, 2.05) is 22.6 Å². The summed E-state index contributed by atoms with van der Waals surface area (Å²) in [4.78, 5) is 12.1. The van der Waals surface area contributed by atoms with Crippen molar-refractivity contribution in [3.8, 4) is 5.75 Å². The Bertz CT molecular complexity index is 1070. The summed E-state index contributed by atoms with van der Waals surface area (Å²) >= 11 is 1.98. The van der Waals surface area contributed by atoms with E-state index in [2.05, 4.69) is 0 Å². The molecule has 1 aliphatic rings. The number of hydrogen-bond donors (Lipinski definition) is 1. The lowest BCUT2D eigenvalue weighted by Crippen LogP contribution is -2.41. The zero-order valence-corrected chi connectivity index (χ0v) is 19.2. The normalized spacial score (nSPS) is 15.9. The molecule has 2 N–H and O–H groups in total. The van der Waals surface area contributed by atoms with Gasteiger partial charge in [0.15, 0.2) is 0 Å². The summed E-state index contributed by atoms with van der Waals surface area (Å²) in [6, 6.07) is 6.88. The highest BCUT2D eigenvalue weighted by Gasteiger charge is 2.28. The number of hydrogen-bond acceptors (Lipinski definition) is 4. The van der Waals surface area contributed by atoms with Crippen molar-refractivity contribution < 1.29 is 26.7 Å². The van der Waals surface area contributed by atoms with Gasteiger partial charge >= 0.3 is 0 Å². The fourth-order valence-electron chi connectivity index (χ4n) is 3.48. The molecule has 0 aliphatic carbocycles. The predicted octanol–water partition coefficient (Wildman–Crippen LogP) is 3.06. The van der Waals surface area contributed by atoms with Crippen molar-refractivity contribution >= 4 is 38.5 Å². The maximum absolute atomic E-state index is 14.3. The van der Waals surface area contributed by atoms with Gasteiger partial charge in [-0.3, -0.25) is 4.79 Å². The van der Waals surface area contributed by atoms with Gasteiger partial charge in [0.05, 0.1) is 11.8 Å². The Morgan fingerprint density at radius 1 is 1.20 bits per heavy atom. The van der Waals surface area contributed by atoms with Crippen molar-refractivity contribution in [2.45, 2.75) is 25.4 Å². The standard InChI is InChI=1S/C20H21F2IN2O4S/c1-30(27,28)25-6-4-16(5-7-25)29-18-10-14(21)9-13(19(18)20(24)26)8-12-2-3-15(23)11-17(12)22/h2-3,9-11,16H,4-8H2,1H3,(H2,24,26). The van der Waals surface area contributed by atoms with Crippen LogP contribution in [0.1, 0.15) is 34.3 Å². The Morgan fingerprint density at radius 2 is 1.87 bits per heavy atom. The number of carbonyl (C=O) groups is 1. The molecule has 1 saturated heterocycles. The zero-order chi connectivity index (χ0) is 22.1. The molecule has 6 nitrogen and oxygen atoms in total. The van der Waals surface area contributed by atoms with Gasteiger partial charge in [0.2, 0.25) is 10.0 Å². The molecule has 2 aromatic carbocycles. The van der Waals surface area contributed by atoms with E-state index in [-0.39, 0.29) is 36.4 Å². The Labute approximate surface area is 187 Å². The van der Waals surface area contributed by atoms with Crippen molar-refractivity contribution in [1.29, 1.82) is 0 Å². The van der Waals surface area contributed by atoms with Crippen molar-refractivity contribution in [2.24, 2.45) is 5.73 Å². The molecular formula is C20H21F2IN2O4S. The van der Waals surface area contributed by atoms with Crippen LogP contribution in [0, 0.1) is 15.2 Å². The second-order valence-electron chi connectivity index (χ2n) is 7.19. The number of primary amides is 1. The molecule has 2 aromatic rings. The van der Waals surface area contributed by atoms with Gasteiger partial charge in [0.1, 0.15) is 23.5 Å². The zero-order valence-electron chi connectivity index (χ0n) is 16.2. The minimum absolute atomic E-state index is 0.0000994. The molecule has 1 amide bonds. The predicted molar refractivity (Wildman–Crippen MR) is 117 cm³/mol. The molecule has 10 heteroatoms. The molecular weight excluding hydrogens is 529 g/mol. The summed E-state index contributed by atoms with van der Waals surface area (Å²) in [5.74, 6) is -1.91. The monoisotopic (exact) mass is 550 g/mol. The lowest BCUT2D eigenvalue weighted by atomic mass is 9.97. The molecule has 0 bridgehead atoms. The van der Waals surface area contributed by atoms with E-state index in [4.69, 9.17) is 10.5 Å². The first-order valence-corrected chi connectivity index (χ1v) is 12.1. The third-order valence-electron chi connectivity index (χ3n) is 4.95. The van der Waals surface area contributed by atoms with Gasteiger partial charge in [-0.15, -0.1) is 0 Å². The van der Waals surface area contributed by atoms with E-state index in [9.17, 15) is 22.0 Å². The number of rotatable bonds is 6. The maximum Gasteiger partial charge on any atom is 0.252 e. The van der Waals surface area contributed by atoms with Gasteiger partial charge in [-0.2, -0.15) is 0 Å². The Balaban J connectivity index is 1.87. The molecule has 1 fully saturated rings. The summed E-state index contributed by atoms with van der Waals surface area (Å²) < 4.78 is 59.8. The lowest BCUT2D eigenvalue weighted by molar-refractivity contribution is 0.0983. The lowest BCUT2D eigenvalue weighted by Gasteiger charge is -2.31. The van der Waals surface area contributed by atoms with Crippen LogP contribution in [0.25, 0.3) is 0 Å². The van der Waals surface area contributed by atoms with Crippen molar-refractivity contribution in [3.05, 3.63) is 62.2 Å². The minimum Gasteiger partial charge on any atom is -0.489 e. The minimum atomic E-state index is -3.29. The second-order valence-corrected chi connectivity index (χ2v) is 10.4. The molecule has 0 saturated carbocycles. The molecule has 0 atom stereocenters. The van der Waals surface area contributed by atoms with E-state index < -0.39 is 33.7 Å². The van der Waals surface area contributed by atoms with Gasteiger partial charge in [0.25, 0.3) is 5.91 Å². The smallest absolute Gasteiger partial charge is 0.252 e. The number of halogens is 3. The molecule has 1 aliphatic heterocycles. The number of amides is 1. The Morgan fingerprint density at radius 3 is 2.43 bits per heavy atom. The molecule has 162 valence electrons. The van der Waals surface area contributed by atoms with Crippen molar-refractivity contribution in [2.75, 3.05) is 19.3 Å². The van der Waals surface area contributed by atoms with Gasteiger partial charge in [-0.05, 0) is 64.8 Å². The van der Waals surface area contributed by atoms with Crippen molar-refractivity contribution in [3.63, 3.8) is 0 Å². The van der Waals surface area contributed by atoms with Crippen LogP contribution in [0.4, 0.5) is 8.78 Å². The third kappa shape index (κ3) is 5.46. The molecule has 0 unspecified atom stereocenters. The molecule has 0 aromatic heterocycles. The van der Waals surface area contributed by atoms with Gasteiger partial charge in [-0.1, -0.05) is 6.07 Å². The van der Waals surface area contributed by atoms with E-state index in [0.29, 0.717) is 22.0 Å². The average molecular weight is 550 g/mol. The Hall–Kier alpha value is -1.79. The third-order valence-corrected chi connectivity index (χ3v) is 6.93. The first-order valence-electron chi connectivity index (χ1n) is 9.22. The van der Waals surface area contributed by atoms with Crippen LogP contribution in [0.15, 0.2) is 30.3 Å². The highest BCUT2D eigenvalue weighted by molar-refractivity contribution is 14.1. The first-order chi connectivity index (χ1) is 14.0. The quantitative estimate of drug-likeness (QED) is 0.561. The number of nitrogens with zero attached hydrogens (tertiary/aromatic N) is 1. The van der Waals surface area contributed by atoms with Gasteiger partial charge in [-0.25, -0.2) is 21.5 Å². The molecule has 1 heterocycles. The van der Waals surface area contributed by atoms with Gasteiger partial charge in [0, 0.05) is 29.1 Å².